The lowest BCUT2D eigenvalue weighted by Gasteiger charge is -2.13. The van der Waals surface area contributed by atoms with Crippen molar-refractivity contribution >= 4 is 34.4 Å². The first kappa shape index (κ1) is 18.7. The molecular weight excluding hydrogens is 368 g/mol. The molecule has 0 spiro atoms. The smallest absolute Gasteiger partial charge is 0.324 e. The second kappa shape index (κ2) is 7.79. The normalized spacial score (nSPS) is 16.3. The van der Waals surface area contributed by atoms with Gasteiger partial charge >= 0.3 is 6.03 Å². The minimum absolute atomic E-state index is 0.0980. The third-order valence-corrected chi connectivity index (χ3v) is 5.13. The number of imide groups is 1. The first-order chi connectivity index (χ1) is 14.0. The van der Waals surface area contributed by atoms with Crippen molar-refractivity contribution in [3.8, 4) is 0 Å². The van der Waals surface area contributed by atoms with E-state index in [1.165, 1.54) is 4.90 Å². The molecular formula is C22H22N4O3. The van der Waals surface area contributed by atoms with Crippen LogP contribution >= 0.6 is 0 Å². The van der Waals surface area contributed by atoms with Crippen molar-refractivity contribution < 1.29 is 14.4 Å². The van der Waals surface area contributed by atoms with Crippen LogP contribution in [-0.4, -0.2) is 39.9 Å². The zero-order valence-electron chi connectivity index (χ0n) is 16.1. The van der Waals surface area contributed by atoms with Gasteiger partial charge in [0, 0.05) is 36.4 Å². The van der Waals surface area contributed by atoms with E-state index in [4.69, 9.17) is 0 Å². The number of hydrogen-bond acceptors (Lipinski definition) is 3. The highest BCUT2D eigenvalue weighted by atomic mass is 16.2. The lowest BCUT2D eigenvalue weighted by molar-refractivity contribution is -0.129. The van der Waals surface area contributed by atoms with Gasteiger partial charge in [-0.25, -0.2) is 4.79 Å². The fourth-order valence-corrected chi connectivity index (χ4v) is 3.57. The van der Waals surface area contributed by atoms with E-state index >= 15 is 0 Å². The fraction of sp³-hybridized carbons (Fsp3) is 0.227. The molecule has 4 rings (SSSR count). The number of benzene rings is 2. The quantitative estimate of drug-likeness (QED) is 0.635. The molecule has 1 unspecified atom stereocenters. The SMILES string of the molecule is Cn1ccc2cc(NC(=O)CC3NC(=O)N(CCc4ccccc4)C3=O)ccc21. The Kier molecular flexibility index (Phi) is 5.03. The summed E-state index contributed by atoms with van der Waals surface area (Å²) in [4.78, 5) is 38.3. The largest absolute Gasteiger partial charge is 0.351 e. The number of carbonyl (C=O) groups excluding carboxylic acids is 3. The van der Waals surface area contributed by atoms with E-state index in [-0.39, 0.29) is 24.8 Å². The Balaban J connectivity index is 1.35. The molecule has 0 radical (unpaired) electrons. The van der Waals surface area contributed by atoms with Gasteiger partial charge in [0.2, 0.25) is 5.91 Å². The average Bonchev–Trinajstić information content (AvgIpc) is 3.20. The summed E-state index contributed by atoms with van der Waals surface area (Å²) in [5, 5.41) is 6.44. The summed E-state index contributed by atoms with van der Waals surface area (Å²) in [6.45, 7) is 0.289. The molecule has 1 aromatic heterocycles. The zero-order valence-corrected chi connectivity index (χ0v) is 16.1. The summed E-state index contributed by atoms with van der Waals surface area (Å²) < 4.78 is 2.00. The molecule has 1 aliphatic rings. The molecule has 2 heterocycles. The van der Waals surface area contributed by atoms with Crippen molar-refractivity contribution in [2.45, 2.75) is 18.9 Å². The molecule has 0 aliphatic carbocycles. The van der Waals surface area contributed by atoms with Crippen LogP contribution in [0.2, 0.25) is 0 Å². The minimum Gasteiger partial charge on any atom is -0.351 e. The van der Waals surface area contributed by atoms with E-state index in [0.717, 1.165) is 16.5 Å². The highest BCUT2D eigenvalue weighted by molar-refractivity contribution is 6.07. The molecule has 7 nitrogen and oxygen atoms in total. The van der Waals surface area contributed by atoms with Gasteiger partial charge in [0.25, 0.3) is 5.91 Å². The summed E-state index contributed by atoms with van der Waals surface area (Å²) in [5.41, 5.74) is 2.77. The van der Waals surface area contributed by atoms with Gasteiger partial charge in [-0.2, -0.15) is 0 Å². The first-order valence-electron chi connectivity index (χ1n) is 9.52. The number of nitrogens with one attached hydrogen (secondary N) is 2. The highest BCUT2D eigenvalue weighted by Crippen LogP contribution is 2.20. The maximum Gasteiger partial charge on any atom is 0.324 e. The molecule has 3 aromatic rings. The number of aromatic nitrogens is 1. The molecule has 4 amide bonds. The van der Waals surface area contributed by atoms with Crippen LogP contribution in [0.15, 0.2) is 60.8 Å². The second-order valence-electron chi connectivity index (χ2n) is 7.18. The highest BCUT2D eigenvalue weighted by Gasteiger charge is 2.38. The fourth-order valence-electron chi connectivity index (χ4n) is 3.57. The van der Waals surface area contributed by atoms with Crippen molar-refractivity contribution in [1.82, 2.24) is 14.8 Å². The van der Waals surface area contributed by atoms with Crippen molar-refractivity contribution in [3.63, 3.8) is 0 Å². The Morgan fingerprint density at radius 2 is 1.90 bits per heavy atom. The molecule has 2 N–H and O–H groups in total. The zero-order chi connectivity index (χ0) is 20.4. The van der Waals surface area contributed by atoms with Gasteiger partial charge in [-0.05, 0) is 36.2 Å². The third kappa shape index (κ3) is 3.99. The van der Waals surface area contributed by atoms with Gasteiger partial charge in [0.1, 0.15) is 6.04 Å². The summed E-state index contributed by atoms with van der Waals surface area (Å²) in [7, 11) is 1.96. The third-order valence-electron chi connectivity index (χ3n) is 5.13. The molecule has 1 aliphatic heterocycles. The van der Waals surface area contributed by atoms with E-state index < -0.39 is 12.1 Å². The van der Waals surface area contributed by atoms with Gasteiger partial charge < -0.3 is 15.2 Å². The van der Waals surface area contributed by atoms with Gasteiger partial charge in [-0.1, -0.05) is 30.3 Å². The van der Waals surface area contributed by atoms with Crippen LogP contribution < -0.4 is 10.6 Å². The van der Waals surface area contributed by atoms with Crippen LogP contribution in [0, 0.1) is 0 Å². The molecule has 7 heteroatoms. The standard InChI is InChI=1S/C22H22N4O3/c1-25-11-10-16-13-17(7-8-19(16)25)23-20(27)14-18-21(28)26(22(29)24-18)12-9-15-5-3-2-4-6-15/h2-8,10-11,13,18H,9,12,14H2,1H3,(H,23,27)(H,24,29). The number of rotatable bonds is 6. The predicted octanol–water partition coefficient (Wildman–Crippen LogP) is 2.67. The monoisotopic (exact) mass is 390 g/mol. The Labute approximate surface area is 168 Å². The summed E-state index contributed by atoms with van der Waals surface area (Å²) >= 11 is 0. The number of fused-ring (bicyclic) bond motifs is 1. The number of amides is 4. The minimum atomic E-state index is -0.835. The molecule has 2 aromatic carbocycles. The lowest BCUT2D eigenvalue weighted by atomic mass is 10.1. The predicted molar refractivity (Wildman–Crippen MR) is 110 cm³/mol. The van der Waals surface area contributed by atoms with E-state index in [1.807, 2.05) is 72.4 Å². The van der Waals surface area contributed by atoms with Crippen molar-refractivity contribution in [3.05, 3.63) is 66.4 Å². The van der Waals surface area contributed by atoms with Crippen molar-refractivity contribution in [2.24, 2.45) is 7.05 Å². The van der Waals surface area contributed by atoms with Crippen LogP contribution in [-0.2, 0) is 23.1 Å². The Hall–Kier alpha value is -3.61. The number of urea groups is 1. The van der Waals surface area contributed by atoms with Crippen molar-refractivity contribution in [2.75, 3.05) is 11.9 Å². The van der Waals surface area contributed by atoms with Crippen LogP contribution in [0.1, 0.15) is 12.0 Å². The van der Waals surface area contributed by atoms with Crippen LogP contribution in [0.5, 0.6) is 0 Å². The summed E-state index contributed by atoms with van der Waals surface area (Å²) in [6, 6.07) is 16.0. The molecule has 1 fully saturated rings. The molecule has 29 heavy (non-hydrogen) atoms. The number of nitrogens with zero attached hydrogens (tertiary/aromatic N) is 2. The van der Waals surface area contributed by atoms with E-state index in [9.17, 15) is 14.4 Å². The van der Waals surface area contributed by atoms with Crippen LogP contribution in [0.3, 0.4) is 0 Å². The Bertz CT molecular complexity index is 1070. The lowest BCUT2D eigenvalue weighted by Crippen LogP contribution is -2.34. The molecule has 0 saturated carbocycles. The maximum atomic E-state index is 12.6. The van der Waals surface area contributed by atoms with Crippen LogP contribution in [0.4, 0.5) is 10.5 Å². The topological polar surface area (TPSA) is 83.4 Å². The molecule has 148 valence electrons. The number of aryl methyl sites for hydroxylation is 1. The Morgan fingerprint density at radius 1 is 1.10 bits per heavy atom. The van der Waals surface area contributed by atoms with E-state index in [0.29, 0.717) is 12.1 Å². The summed E-state index contributed by atoms with van der Waals surface area (Å²) in [5.74, 6) is -0.677. The van der Waals surface area contributed by atoms with Gasteiger partial charge in [0.15, 0.2) is 0 Å². The maximum absolute atomic E-state index is 12.6. The number of carbonyl (C=O) groups is 3. The van der Waals surface area contributed by atoms with Gasteiger partial charge in [-0.15, -0.1) is 0 Å². The van der Waals surface area contributed by atoms with Crippen LogP contribution in [0.25, 0.3) is 10.9 Å². The molecule has 1 saturated heterocycles. The molecule has 0 bridgehead atoms. The van der Waals surface area contributed by atoms with Gasteiger partial charge in [-0.3, -0.25) is 14.5 Å². The van der Waals surface area contributed by atoms with E-state index in [2.05, 4.69) is 10.6 Å². The second-order valence-corrected chi connectivity index (χ2v) is 7.18. The number of hydrogen-bond donors (Lipinski definition) is 2. The number of anilines is 1. The molecule has 1 atom stereocenters. The Morgan fingerprint density at radius 3 is 2.69 bits per heavy atom. The summed E-state index contributed by atoms with van der Waals surface area (Å²) in [6.07, 6.45) is 2.43. The van der Waals surface area contributed by atoms with Crippen molar-refractivity contribution in [1.29, 1.82) is 0 Å². The van der Waals surface area contributed by atoms with Gasteiger partial charge in [0.05, 0.1) is 6.42 Å². The average molecular weight is 390 g/mol. The first-order valence-corrected chi connectivity index (χ1v) is 9.52. The van der Waals surface area contributed by atoms with E-state index in [1.54, 1.807) is 0 Å².